The summed E-state index contributed by atoms with van der Waals surface area (Å²) in [5, 5.41) is 0. The maximum atomic E-state index is 11.8. The number of carbonyl (C=O) groups excluding carboxylic acids is 2. The van der Waals surface area contributed by atoms with E-state index < -0.39 is 11.9 Å². The third-order valence-corrected chi connectivity index (χ3v) is 2.76. The van der Waals surface area contributed by atoms with E-state index in [1.165, 1.54) is 14.2 Å². The van der Waals surface area contributed by atoms with Crippen LogP contribution in [0.3, 0.4) is 0 Å². The fourth-order valence-electron chi connectivity index (χ4n) is 1.80. The third kappa shape index (κ3) is 5.34. The molecule has 0 unspecified atom stereocenters. The highest BCUT2D eigenvalue weighted by Crippen LogP contribution is 2.20. The Balaban J connectivity index is 5.13. The molecule has 0 saturated carbocycles. The number of hydrogen-bond acceptors (Lipinski definition) is 4. The van der Waals surface area contributed by atoms with Crippen molar-refractivity contribution in [3.8, 4) is 0 Å². The second-order valence-electron chi connectivity index (χ2n) is 4.15. The molecule has 0 aliphatic carbocycles. The lowest BCUT2D eigenvalue weighted by Crippen LogP contribution is -2.15. The minimum Gasteiger partial charge on any atom is -0.466 e. The molecule has 0 atom stereocenters. The number of carbonyl (C=O) groups is 2. The summed E-state index contributed by atoms with van der Waals surface area (Å²) in [5.41, 5.74) is 0.933. The molecule has 0 rings (SSSR count). The molecule has 0 spiro atoms. The van der Waals surface area contributed by atoms with E-state index in [0.717, 1.165) is 25.7 Å². The summed E-state index contributed by atoms with van der Waals surface area (Å²) in [6.07, 6.45) is 4.88. The summed E-state index contributed by atoms with van der Waals surface area (Å²) >= 11 is 0. The van der Waals surface area contributed by atoms with Gasteiger partial charge < -0.3 is 9.47 Å². The summed E-state index contributed by atoms with van der Waals surface area (Å²) < 4.78 is 9.50. The van der Waals surface area contributed by atoms with E-state index in [2.05, 4.69) is 6.92 Å². The zero-order valence-electron chi connectivity index (χ0n) is 11.9. The van der Waals surface area contributed by atoms with Crippen molar-refractivity contribution in [1.29, 1.82) is 0 Å². The van der Waals surface area contributed by atoms with Crippen LogP contribution in [-0.2, 0) is 19.1 Å². The highest BCUT2D eigenvalue weighted by atomic mass is 16.5. The minimum atomic E-state index is -0.422. The number of methoxy groups -OCH3 is 2. The third-order valence-electron chi connectivity index (χ3n) is 2.76. The van der Waals surface area contributed by atoms with Gasteiger partial charge in [0.2, 0.25) is 0 Å². The lowest BCUT2D eigenvalue weighted by Gasteiger charge is -2.11. The first-order valence-electron chi connectivity index (χ1n) is 6.50. The van der Waals surface area contributed by atoms with Gasteiger partial charge in [0.05, 0.1) is 14.2 Å². The Morgan fingerprint density at radius 2 is 1.28 bits per heavy atom. The zero-order chi connectivity index (χ0) is 14.0. The van der Waals surface area contributed by atoms with Crippen LogP contribution in [0.5, 0.6) is 0 Å². The van der Waals surface area contributed by atoms with Crippen LogP contribution >= 0.6 is 0 Å². The van der Waals surface area contributed by atoms with Crippen LogP contribution in [0.25, 0.3) is 0 Å². The van der Waals surface area contributed by atoms with E-state index >= 15 is 0 Å². The molecule has 4 nitrogen and oxygen atoms in total. The van der Waals surface area contributed by atoms with Gasteiger partial charge in [0.15, 0.2) is 0 Å². The Bertz CT molecular complexity index is 305. The van der Waals surface area contributed by atoms with Crippen LogP contribution in [0.15, 0.2) is 11.1 Å². The average molecular weight is 256 g/mol. The molecule has 0 heterocycles. The Morgan fingerprint density at radius 1 is 0.778 bits per heavy atom. The van der Waals surface area contributed by atoms with Crippen LogP contribution in [0.1, 0.15) is 52.4 Å². The van der Waals surface area contributed by atoms with E-state index in [1.807, 2.05) is 6.92 Å². The summed E-state index contributed by atoms with van der Waals surface area (Å²) in [6.45, 7) is 4.05. The Morgan fingerprint density at radius 3 is 1.67 bits per heavy atom. The average Bonchev–Trinajstić information content (AvgIpc) is 2.40. The molecule has 0 saturated heterocycles. The number of ether oxygens (including phenoxy) is 2. The van der Waals surface area contributed by atoms with Crippen LogP contribution in [-0.4, -0.2) is 26.2 Å². The fraction of sp³-hybridized carbons (Fsp3) is 0.714. The molecule has 0 amide bonds. The number of esters is 2. The van der Waals surface area contributed by atoms with Gasteiger partial charge in [0, 0.05) is 11.1 Å². The number of rotatable bonds is 8. The maximum absolute atomic E-state index is 11.8. The first kappa shape index (κ1) is 16.7. The van der Waals surface area contributed by atoms with Crippen molar-refractivity contribution >= 4 is 11.9 Å². The van der Waals surface area contributed by atoms with Crippen LogP contribution in [0.4, 0.5) is 0 Å². The van der Waals surface area contributed by atoms with Gasteiger partial charge in [-0.15, -0.1) is 0 Å². The first-order chi connectivity index (χ1) is 8.62. The number of hydrogen-bond donors (Lipinski definition) is 0. The minimum absolute atomic E-state index is 0.417. The van der Waals surface area contributed by atoms with E-state index in [1.54, 1.807) is 0 Å². The monoisotopic (exact) mass is 256 g/mol. The summed E-state index contributed by atoms with van der Waals surface area (Å²) in [7, 11) is 2.67. The quantitative estimate of drug-likeness (QED) is 0.380. The van der Waals surface area contributed by atoms with Crippen molar-refractivity contribution in [2.24, 2.45) is 0 Å². The zero-order valence-corrected chi connectivity index (χ0v) is 11.9. The molecule has 0 radical (unpaired) electrons. The number of unbranched alkanes of at least 4 members (excludes halogenated alkanes) is 2. The molecular weight excluding hydrogens is 232 g/mol. The van der Waals surface area contributed by atoms with Gasteiger partial charge >= 0.3 is 11.9 Å². The van der Waals surface area contributed by atoms with Crippen LogP contribution in [0.2, 0.25) is 0 Å². The normalized spacial score (nSPS) is 11.8. The maximum Gasteiger partial charge on any atom is 0.334 e. The van der Waals surface area contributed by atoms with Crippen molar-refractivity contribution in [3.63, 3.8) is 0 Å². The smallest absolute Gasteiger partial charge is 0.334 e. The molecule has 0 aromatic rings. The molecule has 0 fully saturated rings. The van der Waals surface area contributed by atoms with Gasteiger partial charge in [-0.1, -0.05) is 33.1 Å². The van der Waals surface area contributed by atoms with Crippen molar-refractivity contribution in [1.82, 2.24) is 0 Å². The van der Waals surface area contributed by atoms with Crippen LogP contribution in [0, 0.1) is 0 Å². The Kier molecular flexibility index (Phi) is 8.97. The lowest BCUT2D eigenvalue weighted by atomic mass is 9.98. The van der Waals surface area contributed by atoms with Crippen molar-refractivity contribution in [2.75, 3.05) is 14.2 Å². The summed E-state index contributed by atoms with van der Waals surface area (Å²) in [4.78, 5) is 23.5. The predicted molar refractivity (Wildman–Crippen MR) is 70.1 cm³/mol. The largest absolute Gasteiger partial charge is 0.466 e. The molecule has 0 bridgehead atoms. The molecular formula is C14H24O4. The standard InChI is InChI=1S/C14H24O4/c1-5-7-8-10-12(14(16)18-4)11(9-6-2)13(15)17-3/h5-10H2,1-4H3. The molecule has 18 heavy (non-hydrogen) atoms. The van der Waals surface area contributed by atoms with Gasteiger partial charge in [0.1, 0.15) is 0 Å². The van der Waals surface area contributed by atoms with Gasteiger partial charge in [-0.3, -0.25) is 0 Å². The SMILES string of the molecule is CCCCCC(C(=O)OC)=C(CCC)C(=O)OC. The second kappa shape index (κ2) is 9.68. The van der Waals surface area contributed by atoms with Gasteiger partial charge in [-0.05, 0) is 19.3 Å². The van der Waals surface area contributed by atoms with E-state index in [4.69, 9.17) is 9.47 Å². The highest BCUT2D eigenvalue weighted by Gasteiger charge is 2.21. The molecule has 0 aliphatic heterocycles. The predicted octanol–water partition coefficient (Wildman–Crippen LogP) is 3.01. The fourth-order valence-corrected chi connectivity index (χ4v) is 1.80. The van der Waals surface area contributed by atoms with Crippen molar-refractivity contribution in [2.45, 2.75) is 52.4 Å². The highest BCUT2D eigenvalue weighted by molar-refractivity contribution is 6.00. The molecule has 4 heteroatoms. The van der Waals surface area contributed by atoms with E-state index in [0.29, 0.717) is 24.0 Å². The summed E-state index contributed by atoms with van der Waals surface area (Å²) in [5.74, 6) is -0.839. The van der Waals surface area contributed by atoms with Crippen molar-refractivity contribution < 1.29 is 19.1 Å². The Labute approximate surface area is 109 Å². The Hall–Kier alpha value is -1.32. The van der Waals surface area contributed by atoms with Gasteiger partial charge in [-0.2, -0.15) is 0 Å². The molecule has 0 aromatic carbocycles. The molecule has 0 N–H and O–H groups in total. The topological polar surface area (TPSA) is 52.6 Å². The molecule has 0 aliphatic rings. The second-order valence-corrected chi connectivity index (χ2v) is 4.15. The van der Waals surface area contributed by atoms with Crippen LogP contribution < -0.4 is 0 Å². The van der Waals surface area contributed by atoms with E-state index in [9.17, 15) is 9.59 Å². The summed E-state index contributed by atoms with van der Waals surface area (Å²) in [6, 6.07) is 0. The molecule has 104 valence electrons. The molecule has 0 aromatic heterocycles. The van der Waals surface area contributed by atoms with E-state index in [-0.39, 0.29) is 0 Å². The lowest BCUT2D eigenvalue weighted by molar-refractivity contribution is -0.139. The first-order valence-corrected chi connectivity index (χ1v) is 6.50. The van der Waals surface area contributed by atoms with Crippen molar-refractivity contribution in [3.05, 3.63) is 11.1 Å². The van der Waals surface area contributed by atoms with Gasteiger partial charge in [0.25, 0.3) is 0 Å². The van der Waals surface area contributed by atoms with Gasteiger partial charge in [-0.25, -0.2) is 9.59 Å².